The van der Waals surface area contributed by atoms with Crippen LogP contribution in [-0.2, 0) is 9.53 Å². The highest BCUT2D eigenvalue weighted by Crippen LogP contribution is 2.16. The lowest BCUT2D eigenvalue weighted by molar-refractivity contribution is -0.150. The average Bonchev–Trinajstić information content (AvgIpc) is 2.41. The third kappa shape index (κ3) is 6.27. The molecule has 0 aliphatic rings. The van der Waals surface area contributed by atoms with Crippen LogP contribution in [0.5, 0.6) is 5.75 Å². The van der Waals surface area contributed by atoms with Crippen molar-refractivity contribution in [3.8, 4) is 5.75 Å². The summed E-state index contributed by atoms with van der Waals surface area (Å²) < 4.78 is 10.7. The molecule has 1 aromatic carbocycles. The number of benzene rings is 1. The monoisotopic (exact) mass is 264 g/mol. The molecule has 0 radical (unpaired) electrons. The van der Waals surface area contributed by atoms with E-state index in [0.29, 0.717) is 19.1 Å². The Bertz CT molecular complexity index is 360. The van der Waals surface area contributed by atoms with Crippen LogP contribution in [0.3, 0.4) is 0 Å². The van der Waals surface area contributed by atoms with E-state index in [-0.39, 0.29) is 11.9 Å². The minimum absolute atomic E-state index is 0.0109. The lowest BCUT2D eigenvalue weighted by atomic mass is 9.95. The molecule has 1 rings (SSSR count). The van der Waals surface area contributed by atoms with Crippen molar-refractivity contribution in [3.63, 3.8) is 0 Å². The number of esters is 1. The number of rotatable bonds is 8. The van der Waals surface area contributed by atoms with Gasteiger partial charge in [0.2, 0.25) is 0 Å². The van der Waals surface area contributed by atoms with Gasteiger partial charge in [0.25, 0.3) is 0 Å². The molecule has 19 heavy (non-hydrogen) atoms. The van der Waals surface area contributed by atoms with E-state index in [1.54, 1.807) is 0 Å². The van der Waals surface area contributed by atoms with E-state index in [1.165, 1.54) is 0 Å². The zero-order valence-electron chi connectivity index (χ0n) is 12.1. The molecule has 1 unspecified atom stereocenters. The molecule has 1 atom stereocenters. The maximum Gasteiger partial charge on any atom is 0.309 e. The Balaban J connectivity index is 2.22. The molecular weight excluding hydrogens is 240 g/mol. The molecule has 0 fully saturated rings. The minimum Gasteiger partial charge on any atom is -0.490 e. The van der Waals surface area contributed by atoms with Gasteiger partial charge in [0, 0.05) is 0 Å². The van der Waals surface area contributed by atoms with Crippen LogP contribution in [0.15, 0.2) is 30.3 Å². The molecule has 1 aromatic rings. The number of carbonyl (C=O) groups is 1. The van der Waals surface area contributed by atoms with Crippen LogP contribution in [-0.4, -0.2) is 19.2 Å². The summed E-state index contributed by atoms with van der Waals surface area (Å²) in [7, 11) is 0. The lowest BCUT2D eigenvalue weighted by Crippen LogP contribution is -2.21. The van der Waals surface area contributed by atoms with Crippen molar-refractivity contribution in [2.24, 2.45) is 11.8 Å². The largest absolute Gasteiger partial charge is 0.490 e. The summed E-state index contributed by atoms with van der Waals surface area (Å²) in [5.41, 5.74) is 0. The average molecular weight is 264 g/mol. The van der Waals surface area contributed by atoms with Crippen molar-refractivity contribution >= 4 is 5.97 Å². The van der Waals surface area contributed by atoms with Gasteiger partial charge in [-0.3, -0.25) is 4.79 Å². The van der Waals surface area contributed by atoms with E-state index >= 15 is 0 Å². The zero-order chi connectivity index (χ0) is 14.1. The van der Waals surface area contributed by atoms with Crippen molar-refractivity contribution in [3.05, 3.63) is 30.3 Å². The summed E-state index contributed by atoms with van der Waals surface area (Å²) in [4.78, 5) is 11.8. The molecule has 0 spiro atoms. The topological polar surface area (TPSA) is 35.5 Å². The zero-order valence-corrected chi connectivity index (χ0v) is 12.1. The molecule has 0 aromatic heterocycles. The van der Waals surface area contributed by atoms with Crippen molar-refractivity contribution in [2.45, 2.75) is 33.6 Å². The van der Waals surface area contributed by atoms with Gasteiger partial charge in [-0.25, -0.2) is 0 Å². The molecule has 0 saturated heterocycles. The quantitative estimate of drug-likeness (QED) is 0.530. The Morgan fingerprint density at radius 2 is 1.84 bits per heavy atom. The van der Waals surface area contributed by atoms with Crippen LogP contribution in [0.4, 0.5) is 0 Å². The Kier molecular flexibility index (Phi) is 7.01. The SMILES string of the molecule is CCC(CC(C)C)C(=O)OCCOc1ccccc1. The number of para-hydroxylation sites is 1. The summed E-state index contributed by atoms with van der Waals surface area (Å²) >= 11 is 0. The molecule has 0 N–H and O–H groups in total. The van der Waals surface area contributed by atoms with E-state index < -0.39 is 0 Å². The summed E-state index contributed by atoms with van der Waals surface area (Å²) in [5, 5.41) is 0. The molecule has 106 valence electrons. The molecule has 0 bridgehead atoms. The van der Waals surface area contributed by atoms with Gasteiger partial charge in [0.1, 0.15) is 19.0 Å². The summed E-state index contributed by atoms with van der Waals surface area (Å²) in [5.74, 6) is 1.22. The first-order chi connectivity index (χ1) is 9.13. The highest BCUT2D eigenvalue weighted by atomic mass is 16.6. The predicted molar refractivity (Wildman–Crippen MR) is 76.1 cm³/mol. The first-order valence-electron chi connectivity index (χ1n) is 6.98. The van der Waals surface area contributed by atoms with E-state index in [9.17, 15) is 4.79 Å². The molecule has 0 saturated carbocycles. The van der Waals surface area contributed by atoms with Gasteiger partial charge >= 0.3 is 5.97 Å². The molecule has 3 heteroatoms. The van der Waals surface area contributed by atoms with Gasteiger partial charge in [-0.2, -0.15) is 0 Å². The minimum atomic E-state index is -0.104. The second-order valence-corrected chi connectivity index (χ2v) is 5.06. The lowest BCUT2D eigenvalue weighted by Gasteiger charge is -2.16. The Morgan fingerprint density at radius 1 is 1.16 bits per heavy atom. The molecule has 3 nitrogen and oxygen atoms in total. The highest BCUT2D eigenvalue weighted by Gasteiger charge is 2.18. The standard InChI is InChI=1S/C16H24O3/c1-4-14(12-13(2)3)16(17)19-11-10-18-15-8-6-5-7-9-15/h5-9,13-14H,4,10-12H2,1-3H3. The summed E-state index contributed by atoms with van der Waals surface area (Å²) in [6, 6.07) is 9.53. The van der Waals surface area contributed by atoms with Gasteiger partial charge in [0.05, 0.1) is 5.92 Å². The first-order valence-corrected chi connectivity index (χ1v) is 6.98. The number of carbonyl (C=O) groups excluding carboxylic acids is 1. The second-order valence-electron chi connectivity index (χ2n) is 5.06. The van der Waals surface area contributed by atoms with Gasteiger partial charge in [-0.15, -0.1) is 0 Å². The van der Waals surface area contributed by atoms with E-state index in [0.717, 1.165) is 18.6 Å². The fourth-order valence-corrected chi connectivity index (χ4v) is 1.93. The smallest absolute Gasteiger partial charge is 0.309 e. The van der Waals surface area contributed by atoms with Crippen LogP contribution in [0.1, 0.15) is 33.6 Å². The normalized spacial score (nSPS) is 12.2. The van der Waals surface area contributed by atoms with E-state index in [4.69, 9.17) is 9.47 Å². The van der Waals surface area contributed by atoms with Gasteiger partial charge in [-0.05, 0) is 30.9 Å². The molecule has 0 amide bonds. The van der Waals surface area contributed by atoms with E-state index in [1.807, 2.05) is 37.3 Å². The predicted octanol–water partition coefficient (Wildman–Crippen LogP) is 3.68. The van der Waals surface area contributed by atoms with Gasteiger partial charge < -0.3 is 9.47 Å². The number of ether oxygens (including phenoxy) is 2. The Morgan fingerprint density at radius 3 is 2.42 bits per heavy atom. The third-order valence-corrected chi connectivity index (χ3v) is 2.92. The second kappa shape index (κ2) is 8.57. The van der Waals surface area contributed by atoms with Crippen molar-refractivity contribution < 1.29 is 14.3 Å². The van der Waals surface area contributed by atoms with Crippen LogP contribution in [0, 0.1) is 11.8 Å². The van der Waals surface area contributed by atoms with Gasteiger partial charge in [0.15, 0.2) is 0 Å². The van der Waals surface area contributed by atoms with Gasteiger partial charge in [-0.1, -0.05) is 39.0 Å². The van der Waals surface area contributed by atoms with Crippen LogP contribution >= 0.6 is 0 Å². The van der Waals surface area contributed by atoms with Crippen molar-refractivity contribution in [1.82, 2.24) is 0 Å². The summed E-state index contributed by atoms with van der Waals surface area (Å²) in [6.07, 6.45) is 1.71. The van der Waals surface area contributed by atoms with Crippen molar-refractivity contribution in [2.75, 3.05) is 13.2 Å². The third-order valence-electron chi connectivity index (χ3n) is 2.92. The first kappa shape index (κ1) is 15.5. The highest BCUT2D eigenvalue weighted by molar-refractivity contribution is 5.72. The van der Waals surface area contributed by atoms with E-state index in [2.05, 4.69) is 13.8 Å². The molecule has 0 aliphatic carbocycles. The van der Waals surface area contributed by atoms with Crippen LogP contribution < -0.4 is 4.74 Å². The molecule has 0 aliphatic heterocycles. The molecule has 0 heterocycles. The number of hydrogen-bond acceptors (Lipinski definition) is 3. The summed E-state index contributed by atoms with van der Waals surface area (Å²) in [6.45, 7) is 6.97. The fourth-order valence-electron chi connectivity index (χ4n) is 1.93. The maximum absolute atomic E-state index is 11.8. The molecular formula is C16H24O3. The maximum atomic E-state index is 11.8. The Labute approximate surface area is 115 Å². The van der Waals surface area contributed by atoms with Crippen LogP contribution in [0.25, 0.3) is 0 Å². The number of hydrogen-bond donors (Lipinski definition) is 0. The van der Waals surface area contributed by atoms with Crippen molar-refractivity contribution in [1.29, 1.82) is 0 Å². The Hall–Kier alpha value is -1.51. The van der Waals surface area contributed by atoms with Crippen LogP contribution in [0.2, 0.25) is 0 Å². The fraction of sp³-hybridized carbons (Fsp3) is 0.562.